The van der Waals surface area contributed by atoms with Gasteiger partial charge in [0.25, 0.3) is 0 Å². The van der Waals surface area contributed by atoms with E-state index in [1.165, 1.54) is 18.2 Å². The Hall–Kier alpha value is -3.27. The molecule has 2 aromatic rings. The number of fused-ring (bicyclic) bond motifs is 2. The standard InChI is InChI=1S/C28H32ClF5N4O6S/c29-22-16-10-9-15(12-17(16)24(41)43-25(22)44-28(33,34)27(31,32)14-30)36-21(40)8-2-1-5-11-35-20(39)7-4-3-6-19-23-18(13-45-19)37-26(42)38-23/h9-10,12,18-19,23H,1-8,11,13-14H2,(H,35,39)(H,36,40)(H2,37,38,42)/t18-,19-,23-/m0/s1. The summed E-state index contributed by atoms with van der Waals surface area (Å²) < 4.78 is 74.3. The molecule has 4 amide bonds. The lowest BCUT2D eigenvalue weighted by Crippen LogP contribution is -2.47. The van der Waals surface area contributed by atoms with E-state index in [1.807, 2.05) is 11.8 Å². The molecule has 3 atom stereocenters. The summed E-state index contributed by atoms with van der Waals surface area (Å²) in [4.78, 5) is 48.2. The highest BCUT2D eigenvalue weighted by molar-refractivity contribution is 8.00. The molecule has 1 aromatic heterocycles. The summed E-state index contributed by atoms with van der Waals surface area (Å²) in [6, 6.07) is 3.89. The van der Waals surface area contributed by atoms with Gasteiger partial charge in [0.1, 0.15) is 5.02 Å². The van der Waals surface area contributed by atoms with Crippen LogP contribution in [0.5, 0.6) is 5.95 Å². The maximum atomic E-state index is 13.6. The Morgan fingerprint density at radius 2 is 1.76 bits per heavy atom. The zero-order valence-electron chi connectivity index (χ0n) is 23.9. The number of thioether (sulfide) groups is 1. The van der Waals surface area contributed by atoms with Crippen LogP contribution in [0.2, 0.25) is 5.02 Å². The van der Waals surface area contributed by atoms with Gasteiger partial charge < -0.3 is 30.4 Å². The molecule has 1 aromatic carbocycles. The second-order valence-corrected chi connectivity index (χ2v) is 12.4. The second-order valence-electron chi connectivity index (χ2n) is 10.8. The third kappa shape index (κ3) is 8.71. The summed E-state index contributed by atoms with van der Waals surface area (Å²) in [7, 11) is 0. The van der Waals surface area contributed by atoms with Crippen LogP contribution < -0.4 is 31.6 Å². The van der Waals surface area contributed by atoms with E-state index in [2.05, 4.69) is 30.4 Å². The first kappa shape index (κ1) is 34.6. The van der Waals surface area contributed by atoms with Gasteiger partial charge in [-0.1, -0.05) is 30.5 Å². The van der Waals surface area contributed by atoms with Gasteiger partial charge in [-0.3, -0.25) is 9.59 Å². The van der Waals surface area contributed by atoms with Crippen LogP contribution in [-0.2, 0) is 9.59 Å². The molecule has 248 valence electrons. The van der Waals surface area contributed by atoms with E-state index in [1.54, 1.807) is 0 Å². The Balaban J connectivity index is 1.13. The maximum Gasteiger partial charge on any atom is 0.469 e. The normalized spacial score (nSPS) is 19.6. The molecule has 2 saturated heterocycles. The van der Waals surface area contributed by atoms with Crippen molar-refractivity contribution in [1.29, 1.82) is 0 Å². The molecule has 4 rings (SSSR count). The molecule has 17 heteroatoms. The Labute approximate surface area is 263 Å². The zero-order valence-corrected chi connectivity index (χ0v) is 25.4. The van der Waals surface area contributed by atoms with Crippen LogP contribution in [-0.4, -0.2) is 66.2 Å². The molecule has 0 unspecified atom stereocenters. The lowest BCUT2D eigenvalue weighted by molar-refractivity contribution is -0.316. The molecule has 2 aliphatic heterocycles. The average molecular weight is 683 g/mol. The topological polar surface area (TPSA) is 139 Å². The molecular formula is C28H32ClF5N4O6S. The van der Waals surface area contributed by atoms with Crippen LogP contribution in [0, 0.1) is 0 Å². The molecular weight excluding hydrogens is 651 g/mol. The molecule has 0 aliphatic carbocycles. The smallest absolute Gasteiger partial charge is 0.394 e. The number of amides is 4. The van der Waals surface area contributed by atoms with Crippen molar-refractivity contribution in [3.05, 3.63) is 33.6 Å². The molecule has 45 heavy (non-hydrogen) atoms. The number of ether oxygens (including phenoxy) is 1. The molecule has 10 nitrogen and oxygen atoms in total. The highest BCUT2D eigenvalue weighted by atomic mass is 35.5. The van der Waals surface area contributed by atoms with Crippen molar-refractivity contribution in [2.24, 2.45) is 0 Å². The Morgan fingerprint density at radius 3 is 2.51 bits per heavy atom. The molecule has 2 aliphatic rings. The van der Waals surface area contributed by atoms with Crippen LogP contribution in [0.3, 0.4) is 0 Å². The number of halogens is 6. The number of carbonyl (C=O) groups excluding carboxylic acids is 3. The van der Waals surface area contributed by atoms with Gasteiger partial charge in [0.2, 0.25) is 11.8 Å². The molecule has 0 saturated carbocycles. The van der Waals surface area contributed by atoms with E-state index in [0.717, 1.165) is 25.0 Å². The predicted octanol–water partition coefficient (Wildman–Crippen LogP) is 5.36. The molecule has 3 heterocycles. The third-order valence-electron chi connectivity index (χ3n) is 7.42. The maximum absolute atomic E-state index is 13.6. The van der Waals surface area contributed by atoms with Crippen LogP contribution in [0.25, 0.3) is 10.8 Å². The summed E-state index contributed by atoms with van der Waals surface area (Å²) in [5.74, 6) is -6.11. The van der Waals surface area contributed by atoms with Crippen molar-refractivity contribution >= 4 is 57.7 Å². The Bertz CT molecular complexity index is 1460. The highest BCUT2D eigenvalue weighted by Gasteiger charge is 2.60. The average Bonchev–Trinajstić information content (AvgIpc) is 3.54. The first-order valence-corrected chi connectivity index (χ1v) is 15.8. The zero-order chi connectivity index (χ0) is 32.8. The van der Waals surface area contributed by atoms with E-state index in [0.29, 0.717) is 37.5 Å². The van der Waals surface area contributed by atoms with Gasteiger partial charge in [-0.05, 0) is 37.8 Å². The predicted molar refractivity (Wildman–Crippen MR) is 158 cm³/mol. The van der Waals surface area contributed by atoms with Crippen molar-refractivity contribution < 1.29 is 45.5 Å². The lowest BCUT2D eigenvalue weighted by atomic mass is 10.0. The highest BCUT2D eigenvalue weighted by Crippen LogP contribution is 2.40. The number of alkyl halides is 5. The van der Waals surface area contributed by atoms with Crippen LogP contribution in [0.4, 0.5) is 32.4 Å². The summed E-state index contributed by atoms with van der Waals surface area (Å²) in [6.07, 6.45) is -0.331. The van der Waals surface area contributed by atoms with Gasteiger partial charge in [0, 0.05) is 41.5 Å². The Morgan fingerprint density at radius 1 is 1.02 bits per heavy atom. The monoisotopic (exact) mass is 682 g/mol. The minimum atomic E-state index is -5.34. The fraction of sp³-hybridized carbons (Fsp3) is 0.571. The number of benzene rings is 1. The number of rotatable bonds is 16. The first-order chi connectivity index (χ1) is 21.3. The first-order valence-electron chi connectivity index (χ1n) is 14.3. The van der Waals surface area contributed by atoms with Gasteiger partial charge >= 0.3 is 29.6 Å². The number of nitrogens with one attached hydrogen (secondary N) is 4. The van der Waals surface area contributed by atoms with Crippen molar-refractivity contribution in [1.82, 2.24) is 16.0 Å². The summed E-state index contributed by atoms with van der Waals surface area (Å²) in [5, 5.41) is 10.5. The van der Waals surface area contributed by atoms with Crippen LogP contribution in [0.15, 0.2) is 27.4 Å². The van der Waals surface area contributed by atoms with Gasteiger partial charge in [-0.15, -0.1) is 0 Å². The fourth-order valence-corrected chi connectivity index (χ4v) is 6.80. The van der Waals surface area contributed by atoms with Crippen molar-refractivity contribution in [3.8, 4) is 5.95 Å². The number of carbonyl (C=O) groups is 3. The van der Waals surface area contributed by atoms with Crippen molar-refractivity contribution in [2.45, 2.75) is 80.7 Å². The summed E-state index contributed by atoms with van der Waals surface area (Å²) in [5.41, 5.74) is -1.09. The molecule has 4 N–H and O–H groups in total. The molecule has 0 bridgehead atoms. The van der Waals surface area contributed by atoms with Gasteiger partial charge in [0.15, 0.2) is 6.67 Å². The van der Waals surface area contributed by atoms with Crippen LogP contribution >= 0.6 is 23.4 Å². The van der Waals surface area contributed by atoms with Crippen molar-refractivity contribution in [2.75, 3.05) is 24.3 Å². The second kappa shape index (κ2) is 14.9. The fourth-order valence-electron chi connectivity index (χ4n) is 5.01. The number of hydrogen-bond acceptors (Lipinski definition) is 7. The summed E-state index contributed by atoms with van der Waals surface area (Å²) in [6.45, 7) is -2.25. The minimum Gasteiger partial charge on any atom is -0.394 e. The molecule has 0 radical (unpaired) electrons. The van der Waals surface area contributed by atoms with Gasteiger partial charge in [-0.25, -0.2) is 14.0 Å². The number of urea groups is 1. The van der Waals surface area contributed by atoms with Crippen molar-refractivity contribution in [3.63, 3.8) is 0 Å². The lowest BCUT2D eigenvalue weighted by Gasteiger charge is -2.23. The quantitative estimate of drug-likeness (QED) is 0.106. The SMILES string of the molecule is O=C(CCCC[C@@H]1SC[C@@H]2NC(=O)N[C@@H]21)NCCCCCC(=O)Nc1ccc2c(Cl)c(OC(F)(F)C(F)(F)CF)oc(=O)c2c1. The third-order valence-corrected chi connectivity index (χ3v) is 9.29. The Kier molecular flexibility index (Phi) is 11.4. The molecule has 2 fully saturated rings. The summed E-state index contributed by atoms with van der Waals surface area (Å²) >= 11 is 7.76. The largest absolute Gasteiger partial charge is 0.469 e. The number of hydrogen-bond donors (Lipinski definition) is 4. The van der Waals surface area contributed by atoms with E-state index < -0.39 is 35.3 Å². The molecule has 0 spiro atoms. The van der Waals surface area contributed by atoms with E-state index in [9.17, 15) is 41.1 Å². The van der Waals surface area contributed by atoms with E-state index in [4.69, 9.17) is 11.6 Å². The van der Waals surface area contributed by atoms with E-state index >= 15 is 0 Å². The minimum absolute atomic E-state index is 0.0356. The van der Waals surface area contributed by atoms with Gasteiger partial charge in [0.05, 0.1) is 17.5 Å². The van der Waals surface area contributed by atoms with E-state index in [-0.39, 0.29) is 52.8 Å². The van der Waals surface area contributed by atoms with Gasteiger partial charge in [-0.2, -0.15) is 29.3 Å². The number of unbranched alkanes of at least 4 members (excludes halogenated alkanes) is 3. The number of anilines is 1. The van der Waals surface area contributed by atoms with Crippen LogP contribution in [0.1, 0.15) is 51.4 Å².